The number of pyridine rings is 1. The van der Waals surface area contributed by atoms with Crippen LogP contribution in [0.5, 0.6) is 0 Å². The number of nitrogens with one attached hydrogen (secondary N) is 2. The number of alkyl halides is 3. The number of hydrogen-bond acceptors (Lipinski definition) is 4. The quantitative estimate of drug-likeness (QED) is 0.590. The van der Waals surface area contributed by atoms with Crippen molar-refractivity contribution in [3.05, 3.63) is 59.4 Å². The van der Waals surface area contributed by atoms with E-state index in [1.54, 1.807) is 19.3 Å². The molecule has 0 aliphatic carbocycles. The first kappa shape index (κ1) is 20.9. The predicted octanol–water partition coefficient (Wildman–Crippen LogP) is 2.80. The number of anilines is 1. The minimum atomic E-state index is -4.44. The molecular formula is C20H24F3N5O. The first-order valence-corrected chi connectivity index (χ1v) is 9.34. The number of rotatable bonds is 5. The molecular weight excluding hydrogens is 383 g/mol. The highest BCUT2D eigenvalue weighted by molar-refractivity contribution is 5.79. The van der Waals surface area contributed by atoms with E-state index in [-0.39, 0.29) is 12.1 Å². The number of benzene rings is 1. The fourth-order valence-electron chi connectivity index (χ4n) is 3.08. The SMILES string of the molecule is CN=C(NCc1ccccn1)NCc1ccc(N2CCOCC2)cc1C(F)(F)F. The topological polar surface area (TPSA) is 61.8 Å². The molecule has 0 unspecified atom stereocenters. The summed E-state index contributed by atoms with van der Waals surface area (Å²) < 4.78 is 46.2. The molecule has 29 heavy (non-hydrogen) atoms. The highest BCUT2D eigenvalue weighted by Crippen LogP contribution is 2.35. The van der Waals surface area contributed by atoms with Gasteiger partial charge in [0.2, 0.25) is 0 Å². The van der Waals surface area contributed by atoms with Crippen molar-refractivity contribution in [3.63, 3.8) is 0 Å². The molecule has 0 amide bonds. The van der Waals surface area contributed by atoms with E-state index in [1.165, 1.54) is 12.1 Å². The van der Waals surface area contributed by atoms with Gasteiger partial charge in [0.15, 0.2) is 5.96 Å². The summed E-state index contributed by atoms with van der Waals surface area (Å²) in [5, 5.41) is 6.00. The van der Waals surface area contributed by atoms with Gasteiger partial charge in [0.25, 0.3) is 0 Å². The molecule has 1 fully saturated rings. The molecule has 9 heteroatoms. The summed E-state index contributed by atoms with van der Waals surface area (Å²) in [4.78, 5) is 10.2. The summed E-state index contributed by atoms with van der Waals surface area (Å²) in [7, 11) is 1.57. The first-order chi connectivity index (χ1) is 14.0. The lowest BCUT2D eigenvalue weighted by Gasteiger charge is -2.29. The van der Waals surface area contributed by atoms with E-state index < -0.39 is 11.7 Å². The molecule has 1 aliphatic rings. The van der Waals surface area contributed by atoms with Crippen molar-refractivity contribution in [2.75, 3.05) is 38.3 Å². The molecule has 1 aromatic heterocycles. The molecule has 156 valence electrons. The van der Waals surface area contributed by atoms with E-state index in [0.717, 1.165) is 5.69 Å². The van der Waals surface area contributed by atoms with Crippen LogP contribution < -0.4 is 15.5 Å². The zero-order valence-electron chi connectivity index (χ0n) is 16.2. The molecule has 0 spiro atoms. The third-order valence-electron chi connectivity index (χ3n) is 4.61. The largest absolute Gasteiger partial charge is 0.416 e. The van der Waals surface area contributed by atoms with Crippen molar-refractivity contribution in [2.24, 2.45) is 4.99 Å². The zero-order valence-corrected chi connectivity index (χ0v) is 16.2. The summed E-state index contributed by atoms with van der Waals surface area (Å²) in [6.07, 6.45) is -2.76. The Morgan fingerprint density at radius 2 is 1.90 bits per heavy atom. The lowest BCUT2D eigenvalue weighted by molar-refractivity contribution is -0.138. The summed E-state index contributed by atoms with van der Waals surface area (Å²) in [6.45, 7) is 2.62. The third kappa shape index (κ3) is 5.83. The van der Waals surface area contributed by atoms with Gasteiger partial charge in [-0.05, 0) is 29.8 Å². The van der Waals surface area contributed by atoms with Gasteiger partial charge in [-0.1, -0.05) is 12.1 Å². The smallest absolute Gasteiger partial charge is 0.378 e. The molecule has 0 saturated carbocycles. The van der Waals surface area contributed by atoms with Crippen LogP contribution in [0, 0.1) is 0 Å². The minimum Gasteiger partial charge on any atom is -0.378 e. The van der Waals surface area contributed by atoms with Crippen LogP contribution in [0.15, 0.2) is 47.6 Å². The summed E-state index contributed by atoms with van der Waals surface area (Å²) in [5.74, 6) is 0.404. The maximum Gasteiger partial charge on any atom is 0.416 e. The maximum atomic E-state index is 13.6. The van der Waals surface area contributed by atoms with Crippen LogP contribution in [0.25, 0.3) is 0 Å². The molecule has 0 radical (unpaired) electrons. The van der Waals surface area contributed by atoms with Gasteiger partial charge >= 0.3 is 6.18 Å². The Labute approximate surface area is 167 Å². The van der Waals surface area contributed by atoms with Crippen molar-refractivity contribution in [1.82, 2.24) is 15.6 Å². The number of guanidine groups is 1. The average Bonchev–Trinajstić information content (AvgIpc) is 2.74. The van der Waals surface area contributed by atoms with Crippen molar-refractivity contribution < 1.29 is 17.9 Å². The third-order valence-corrected chi connectivity index (χ3v) is 4.61. The second-order valence-corrected chi connectivity index (χ2v) is 6.54. The minimum absolute atomic E-state index is 0.000125. The Hall–Kier alpha value is -2.81. The number of hydrogen-bond donors (Lipinski definition) is 2. The van der Waals surface area contributed by atoms with Crippen LogP contribution >= 0.6 is 0 Å². The number of halogens is 3. The number of aromatic nitrogens is 1. The highest BCUT2D eigenvalue weighted by atomic mass is 19.4. The number of ether oxygens (including phenoxy) is 1. The van der Waals surface area contributed by atoms with Gasteiger partial charge in [0.1, 0.15) is 0 Å². The Balaban J connectivity index is 1.68. The molecule has 0 bridgehead atoms. The van der Waals surface area contributed by atoms with Gasteiger partial charge in [-0.3, -0.25) is 9.98 Å². The lowest BCUT2D eigenvalue weighted by atomic mass is 10.0. The van der Waals surface area contributed by atoms with Gasteiger partial charge in [-0.25, -0.2) is 0 Å². The van der Waals surface area contributed by atoms with E-state index >= 15 is 0 Å². The van der Waals surface area contributed by atoms with Crippen LogP contribution in [0.2, 0.25) is 0 Å². The Morgan fingerprint density at radius 3 is 2.55 bits per heavy atom. The van der Waals surface area contributed by atoms with Gasteiger partial charge in [-0.2, -0.15) is 13.2 Å². The average molecular weight is 407 g/mol. The predicted molar refractivity (Wildman–Crippen MR) is 106 cm³/mol. The highest BCUT2D eigenvalue weighted by Gasteiger charge is 2.34. The molecule has 1 saturated heterocycles. The van der Waals surface area contributed by atoms with Crippen molar-refractivity contribution in [3.8, 4) is 0 Å². The number of morpholine rings is 1. The molecule has 0 atom stereocenters. The van der Waals surface area contributed by atoms with E-state index in [2.05, 4.69) is 20.6 Å². The lowest BCUT2D eigenvalue weighted by Crippen LogP contribution is -2.37. The Kier molecular flexibility index (Phi) is 6.92. The van der Waals surface area contributed by atoms with Crippen molar-refractivity contribution in [2.45, 2.75) is 19.3 Å². The molecule has 6 nitrogen and oxygen atoms in total. The standard InChI is InChI=1S/C20H24F3N5O/c1-24-19(27-14-16-4-2-3-7-25-16)26-13-15-5-6-17(12-18(15)20(21,22)23)28-8-10-29-11-9-28/h2-7,12H,8-11,13-14H2,1H3,(H2,24,26,27). The monoisotopic (exact) mass is 407 g/mol. The first-order valence-electron chi connectivity index (χ1n) is 9.34. The summed E-state index contributed by atoms with van der Waals surface area (Å²) in [6, 6.07) is 9.99. The van der Waals surface area contributed by atoms with E-state index in [9.17, 15) is 13.2 Å². The second kappa shape index (κ2) is 9.60. The molecule has 2 heterocycles. The van der Waals surface area contributed by atoms with Gasteiger partial charge in [0, 0.05) is 38.6 Å². The maximum absolute atomic E-state index is 13.6. The van der Waals surface area contributed by atoms with Gasteiger partial charge in [-0.15, -0.1) is 0 Å². The zero-order chi connectivity index (χ0) is 20.7. The van der Waals surface area contributed by atoms with Crippen molar-refractivity contribution in [1.29, 1.82) is 0 Å². The van der Waals surface area contributed by atoms with Crippen LogP contribution in [0.1, 0.15) is 16.8 Å². The molecule has 1 aromatic carbocycles. The van der Waals surface area contributed by atoms with Gasteiger partial charge < -0.3 is 20.3 Å². The van der Waals surface area contributed by atoms with Crippen LogP contribution in [-0.2, 0) is 24.0 Å². The molecule has 2 aromatic rings. The van der Waals surface area contributed by atoms with Crippen LogP contribution in [-0.4, -0.2) is 44.3 Å². The normalized spacial score (nSPS) is 15.3. The van der Waals surface area contributed by atoms with E-state index in [0.29, 0.717) is 44.5 Å². The van der Waals surface area contributed by atoms with Crippen LogP contribution in [0.3, 0.4) is 0 Å². The van der Waals surface area contributed by atoms with E-state index in [4.69, 9.17) is 4.74 Å². The fourth-order valence-corrected chi connectivity index (χ4v) is 3.08. The summed E-state index contributed by atoms with van der Waals surface area (Å²) >= 11 is 0. The Morgan fingerprint density at radius 1 is 1.14 bits per heavy atom. The van der Waals surface area contributed by atoms with Crippen LogP contribution in [0.4, 0.5) is 18.9 Å². The molecule has 1 aliphatic heterocycles. The molecule has 3 rings (SSSR count). The van der Waals surface area contributed by atoms with Crippen molar-refractivity contribution >= 4 is 11.6 Å². The fraction of sp³-hybridized carbons (Fsp3) is 0.400. The number of aliphatic imine (C=N–C) groups is 1. The van der Waals surface area contributed by atoms with E-state index in [1.807, 2.05) is 23.1 Å². The second-order valence-electron chi connectivity index (χ2n) is 6.54. The number of nitrogens with zero attached hydrogens (tertiary/aromatic N) is 3. The van der Waals surface area contributed by atoms with Gasteiger partial charge in [0.05, 0.1) is 31.0 Å². The summed E-state index contributed by atoms with van der Waals surface area (Å²) in [5.41, 5.74) is 0.882. The Bertz CT molecular complexity index is 821. The molecule has 2 N–H and O–H groups in total.